The Labute approximate surface area is 243 Å². The number of ether oxygens (including phenoxy) is 1. The van der Waals surface area contributed by atoms with Crippen LogP contribution in [0.15, 0.2) is 28.6 Å². The lowest BCUT2D eigenvalue weighted by molar-refractivity contribution is -0.165. The second-order valence-electron chi connectivity index (χ2n) is 10.7. The lowest BCUT2D eigenvalue weighted by Gasteiger charge is -2.44. The highest BCUT2D eigenvalue weighted by atomic mass is 32.2. The van der Waals surface area contributed by atoms with E-state index in [2.05, 4.69) is 13.8 Å². The van der Waals surface area contributed by atoms with Crippen LogP contribution < -0.4 is 0 Å². The fourth-order valence-electron chi connectivity index (χ4n) is 5.48. The van der Waals surface area contributed by atoms with Gasteiger partial charge in [-0.1, -0.05) is 128 Å². The van der Waals surface area contributed by atoms with Gasteiger partial charge in [0.25, 0.3) is 0 Å². The van der Waals surface area contributed by atoms with Crippen molar-refractivity contribution < 1.29 is 24.5 Å². The summed E-state index contributed by atoms with van der Waals surface area (Å²) in [6.45, 7) is 4.23. The Balaban J connectivity index is 2.37. The molecule has 2 rings (SSSR count). The van der Waals surface area contributed by atoms with Gasteiger partial charge in [0.15, 0.2) is 4.34 Å². The van der Waals surface area contributed by atoms with E-state index in [1.54, 1.807) is 0 Å². The maximum Gasteiger partial charge on any atom is 0.321 e. The largest absolute Gasteiger partial charge is 0.481 e. The number of thioether (sulfide) groups is 1. The summed E-state index contributed by atoms with van der Waals surface area (Å²) >= 11 is 2.57. The van der Waals surface area contributed by atoms with Gasteiger partial charge in [0.2, 0.25) is 0 Å². The Hall–Kier alpha value is -1.64. The average molecular weight is 580 g/mol. The lowest BCUT2D eigenvalue weighted by Crippen LogP contribution is -2.58. The fourth-order valence-corrected chi connectivity index (χ4v) is 8.26. The molecule has 8 heteroatoms. The minimum absolute atomic E-state index is 0.140. The second kappa shape index (κ2) is 17.9. The molecule has 0 amide bonds. The van der Waals surface area contributed by atoms with Crippen molar-refractivity contribution in [3.05, 3.63) is 24.3 Å². The number of aromatic nitrogens is 1. The third-order valence-corrected chi connectivity index (χ3v) is 10.5. The van der Waals surface area contributed by atoms with Crippen molar-refractivity contribution in [2.45, 2.75) is 126 Å². The number of carboxylic acids is 2. The molecule has 2 N–H and O–H groups in total. The molecular weight excluding hydrogens is 530 g/mol. The molecule has 2 unspecified atom stereocenters. The van der Waals surface area contributed by atoms with Gasteiger partial charge in [0, 0.05) is 7.11 Å². The van der Waals surface area contributed by atoms with Crippen LogP contribution in [0.25, 0.3) is 10.2 Å². The van der Waals surface area contributed by atoms with Gasteiger partial charge in [-0.3, -0.25) is 9.59 Å². The van der Waals surface area contributed by atoms with Gasteiger partial charge in [0.1, 0.15) is 10.2 Å². The zero-order valence-corrected chi connectivity index (χ0v) is 25.8. The summed E-state index contributed by atoms with van der Waals surface area (Å²) in [5, 5.41) is 21.6. The quantitative estimate of drug-likeness (QED) is 0.100. The van der Waals surface area contributed by atoms with Gasteiger partial charge >= 0.3 is 11.9 Å². The summed E-state index contributed by atoms with van der Waals surface area (Å²) in [4.78, 5) is 31.2. The Bertz CT molecular complexity index is 963. The number of para-hydroxylation sites is 1. The first-order valence-electron chi connectivity index (χ1n) is 14.9. The summed E-state index contributed by atoms with van der Waals surface area (Å²) < 4.78 is 5.51. The van der Waals surface area contributed by atoms with Gasteiger partial charge in [-0.25, -0.2) is 4.98 Å². The van der Waals surface area contributed by atoms with E-state index in [1.807, 2.05) is 24.3 Å². The second-order valence-corrected chi connectivity index (χ2v) is 13.3. The summed E-state index contributed by atoms with van der Waals surface area (Å²) in [6, 6.07) is 7.72. The first-order valence-corrected chi connectivity index (χ1v) is 16.5. The van der Waals surface area contributed by atoms with Crippen LogP contribution >= 0.6 is 23.1 Å². The number of benzene rings is 1. The van der Waals surface area contributed by atoms with E-state index in [9.17, 15) is 19.8 Å². The van der Waals surface area contributed by atoms with Crippen LogP contribution in [0.4, 0.5) is 0 Å². The van der Waals surface area contributed by atoms with E-state index in [0.29, 0.717) is 17.2 Å². The smallest absolute Gasteiger partial charge is 0.321 e. The molecule has 1 aromatic heterocycles. The fraction of sp³-hybridized carbons (Fsp3) is 0.710. The molecule has 1 heterocycles. The zero-order chi connectivity index (χ0) is 28.6. The number of rotatable bonds is 23. The molecular formula is C31H49NO5S2. The molecule has 1 aromatic carbocycles. The molecule has 0 bridgehead atoms. The minimum Gasteiger partial charge on any atom is -0.481 e. The van der Waals surface area contributed by atoms with Crippen molar-refractivity contribution >= 4 is 45.3 Å². The highest BCUT2D eigenvalue weighted by Gasteiger charge is 2.62. The summed E-state index contributed by atoms with van der Waals surface area (Å²) in [5.41, 5.74) is -0.762. The summed E-state index contributed by atoms with van der Waals surface area (Å²) in [6.07, 6.45) is 15.1. The van der Waals surface area contributed by atoms with E-state index in [0.717, 1.165) is 60.5 Å². The molecule has 39 heavy (non-hydrogen) atoms. The first-order chi connectivity index (χ1) is 18.9. The molecule has 0 radical (unpaired) electrons. The topological polar surface area (TPSA) is 96.7 Å². The van der Waals surface area contributed by atoms with Gasteiger partial charge in [-0.15, -0.1) is 11.3 Å². The normalized spacial score (nSPS) is 14.7. The number of carbonyl (C=O) groups is 2. The van der Waals surface area contributed by atoms with E-state index in [1.165, 1.54) is 57.0 Å². The van der Waals surface area contributed by atoms with E-state index in [-0.39, 0.29) is 19.4 Å². The maximum absolute atomic E-state index is 13.3. The number of carboxylic acid groups (broad SMARTS) is 2. The van der Waals surface area contributed by atoms with Crippen LogP contribution in [0.2, 0.25) is 0 Å². The first kappa shape index (κ1) is 33.6. The van der Waals surface area contributed by atoms with Crippen LogP contribution in [-0.4, -0.2) is 45.6 Å². The van der Waals surface area contributed by atoms with Crippen molar-refractivity contribution in [2.24, 2.45) is 5.41 Å². The summed E-state index contributed by atoms with van der Waals surface area (Å²) in [5.74, 6) is -2.17. The molecule has 2 atom stereocenters. The van der Waals surface area contributed by atoms with Gasteiger partial charge in [-0.2, -0.15) is 0 Å². The van der Waals surface area contributed by atoms with Crippen molar-refractivity contribution in [3.63, 3.8) is 0 Å². The number of thiazole rings is 1. The molecule has 0 aliphatic rings. The van der Waals surface area contributed by atoms with Crippen molar-refractivity contribution in [3.8, 4) is 0 Å². The lowest BCUT2D eigenvalue weighted by atomic mass is 9.69. The molecule has 0 spiro atoms. The zero-order valence-electron chi connectivity index (χ0n) is 24.2. The highest BCUT2D eigenvalue weighted by Crippen LogP contribution is 2.54. The molecule has 0 saturated heterocycles. The average Bonchev–Trinajstić information content (AvgIpc) is 3.32. The number of aliphatic carboxylic acids is 2. The predicted molar refractivity (Wildman–Crippen MR) is 163 cm³/mol. The van der Waals surface area contributed by atoms with Crippen LogP contribution in [0.3, 0.4) is 0 Å². The van der Waals surface area contributed by atoms with Gasteiger partial charge in [0.05, 0.1) is 16.8 Å². The molecule has 0 aliphatic carbocycles. The summed E-state index contributed by atoms with van der Waals surface area (Å²) in [7, 11) is 1.48. The molecule has 220 valence electrons. The molecule has 2 aromatic rings. The predicted octanol–water partition coefficient (Wildman–Crippen LogP) is 9.21. The number of fused-ring (bicyclic) bond motifs is 1. The van der Waals surface area contributed by atoms with Crippen LogP contribution in [-0.2, 0) is 14.3 Å². The molecule has 0 saturated carbocycles. The van der Waals surface area contributed by atoms with Crippen LogP contribution in [0.1, 0.15) is 117 Å². The van der Waals surface area contributed by atoms with E-state index < -0.39 is 22.1 Å². The molecule has 0 aliphatic heterocycles. The SMILES string of the molecule is CCCCCCCCCC(COC)(C(=O)O)C(CCCCCCCCC)(Sc1nc2ccccc2s1)C(=O)O. The number of methoxy groups -OCH3 is 1. The number of unbranched alkanes of at least 4 members (excludes halogenated alkanes) is 12. The monoisotopic (exact) mass is 579 g/mol. The Morgan fingerprint density at radius 1 is 0.821 bits per heavy atom. The van der Waals surface area contributed by atoms with Crippen molar-refractivity contribution in [1.82, 2.24) is 4.98 Å². The van der Waals surface area contributed by atoms with Crippen molar-refractivity contribution in [1.29, 1.82) is 0 Å². The maximum atomic E-state index is 13.3. The number of nitrogens with zero attached hydrogens (tertiary/aromatic N) is 1. The highest BCUT2D eigenvalue weighted by molar-refractivity contribution is 8.03. The Kier molecular flexibility index (Phi) is 15.4. The number of hydrogen-bond donors (Lipinski definition) is 2. The Morgan fingerprint density at radius 2 is 1.36 bits per heavy atom. The van der Waals surface area contributed by atoms with Crippen LogP contribution in [0, 0.1) is 5.41 Å². The van der Waals surface area contributed by atoms with E-state index in [4.69, 9.17) is 9.72 Å². The van der Waals surface area contributed by atoms with Crippen molar-refractivity contribution in [2.75, 3.05) is 13.7 Å². The van der Waals surface area contributed by atoms with Gasteiger partial charge in [-0.05, 0) is 25.0 Å². The number of hydrogen-bond acceptors (Lipinski definition) is 6. The minimum atomic E-state index is -1.59. The van der Waals surface area contributed by atoms with Crippen LogP contribution in [0.5, 0.6) is 0 Å². The molecule has 0 fully saturated rings. The van der Waals surface area contributed by atoms with E-state index >= 15 is 0 Å². The third-order valence-electron chi connectivity index (χ3n) is 7.79. The third kappa shape index (κ3) is 9.46. The Morgan fingerprint density at radius 3 is 1.87 bits per heavy atom. The standard InChI is InChI=1S/C31H49NO5S2/c1-4-6-8-10-12-14-18-22-30(24-37-3,27(33)34)31(28(35)36,23-19-15-13-11-9-7-5-2)39-29-32-25-20-16-17-21-26(25)38-29/h16-17,20-21H,4-15,18-19,22-24H2,1-3H3,(H,33,34)(H,35,36). The van der Waals surface area contributed by atoms with Gasteiger partial charge < -0.3 is 14.9 Å². The molecule has 6 nitrogen and oxygen atoms in total.